The molecular weight excluding hydrogens is 544 g/mol. The highest BCUT2D eigenvalue weighted by Gasteiger charge is 2.21. The van der Waals surface area contributed by atoms with Crippen molar-refractivity contribution in [3.63, 3.8) is 0 Å². The summed E-state index contributed by atoms with van der Waals surface area (Å²) in [5.41, 5.74) is -1.84. The second kappa shape index (κ2) is 17.1. The molecule has 218 valence electrons. The van der Waals surface area contributed by atoms with E-state index in [2.05, 4.69) is 0 Å². The lowest BCUT2D eigenvalue weighted by atomic mass is 10.2. The highest BCUT2D eigenvalue weighted by atomic mass is 16.6. The van der Waals surface area contributed by atoms with Gasteiger partial charge in [0.1, 0.15) is 13.2 Å². The summed E-state index contributed by atoms with van der Waals surface area (Å²) >= 11 is 0. The molecule has 0 N–H and O–H groups in total. The van der Waals surface area contributed by atoms with Crippen LogP contribution in [0.5, 0.6) is 11.5 Å². The summed E-state index contributed by atoms with van der Waals surface area (Å²) < 4.78 is 31.8. The van der Waals surface area contributed by atoms with E-state index in [0.29, 0.717) is 13.2 Å². The van der Waals surface area contributed by atoms with Gasteiger partial charge in [-0.15, -0.1) is 0 Å². The molecule has 18 heteroatoms. The fourth-order valence-electron chi connectivity index (χ4n) is 2.95. The predicted octanol–water partition coefficient (Wildman–Crippen LogP) is 2.84. The standard InChI is InChI=1S/C22H26N4O14/c27-23(28)17-1-3-21(19(15-17)25(31)32)39-13-11-37-9-7-35-5-6-36-8-10-38-12-14-40-22-4-2-18(24(29)30)16-20(22)26(33)34/h1-4,15-16H,5-14H2. The number of rotatable bonds is 21. The lowest BCUT2D eigenvalue weighted by Crippen LogP contribution is -2.15. The Morgan fingerprint density at radius 2 is 0.750 bits per heavy atom. The zero-order chi connectivity index (χ0) is 29.3. The van der Waals surface area contributed by atoms with Gasteiger partial charge in [0.15, 0.2) is 11.5 Å². The van der Waals surface area contributed by atoms with E-state index in [9.17, 15) is 40.5 Å². The second-order valence-corrected chi connectivity index (χ2v) is 7.48. The molecular formula is C22H26N4O14. The van der Waals surface area contributed by atoms with Crippen LogP contribution < -0.4 is 9.47 Å². The third-order valence-electron chi connectivity index (χ3n) is 4.79. The monoisotopic (exact) mass is 570 g/mol. The van der Waals surface area contributed by atoms with Gasteiger partial charge in [0.2, 0.25) is 0 Å². The maximum atomic E-state index is 11.1. The normalized spacial score (nSPS) is 10.7. The molecule has 0 bridgehead atoms. The van der Waals surface area contributed by atoms with Crippen molar-refractivity contribution in [2.45, 2.75) is 0 Å². The zero-order valence-corrected chi connectivity index (χ0v) is 21.0. The van der Waals surface area contributed by atoms with Crippen LogP contribution in [-0.2, 0) is 18.9 Å². The summed E-state index contributed by atoms with van der Waals surface area (Å²) in [5.74, 6) is -0.199. The van der Waals surface area contributed by atoms with Gasteiger partial charge in [-0.1, -0.05) is 0 Å². The Bertz CT molecular complexity index is 1070. The first-order chi connectivity index (χ1) is 19.2. The largest absolute Gasteiger partial charge is 0.484 e. The van der Waals surface area contributed by atoms with Gasteiger partial charge in [0.05, 0.1) is 84.7 Å². The maximum absolute atomic E-state index is 11.1. The third kappa shape index (κ3) is 11.1. The van der Waals surface area contributed by atoms with Crippen LogP contribution in [0.3, 0.4) is 0 Å². The quantitative estimate of drug-likeness (QED) is 0.119. The molecule has 2 rings (SSSR count). The lowest BCUT2D eigenvalue weighted by Gasteiger charge is -2.09. The molecule has 18 nitrogen and oxygen atoms in total. The van der Waals surface area contributed by atoms with E-state index in [4.69, 9.17) is 28.4 Å². The van der Waals surface area contributed by atoms with Crippen molar-refractivity contribution >= 4 is 22.7 Å². The number of ether oxygens (including phenoxy) is 6. The van der Waals surface area contributed by atoms with Crippen LogP contribution in [0.15, 0.2) is 36.4 Å². The number of hydrogen-bond acceptors (Lipinski definition) is 14. The Morgan fingerprint density at radius 1 is 0.450 bits per heavy atom. The van der Waals surface area contributed by atoms with Gasteiger partial charge in [-0.3, -0.25) is 40.5 Å². The Kier molecular flexibility index (Phi) is 13.6. The van der Waals surface area contributed by atoms with Crippen molar-refractivity contribution < 1.29 is 48.1 Å². The first kappa shape index (κ1) is 31.7. The summed E-state index contributed by atoms with van der Waals surface area (Å²) in [4.78, 5) is 40.6. The lowest BCUT2D eigenvalue weighted by molar-refractivity contribution is -0.395. The molecule has 0 radical (unpaired) electrons. The van der Waals surface area contributed by atoms with Gasteiger partial charge in [0.25, 0.3) is 11.4 Å². The molecule has 0 aliphatic rings. The van der Waals surface area contributed by atoms with Crippen molar-refractivity contribution in [1.82, 2.24) is 0 Å². The highest BCUT2D eigenvalue weighted by Crippen LogP contribution is 2.31. The molecule has 0 atom stereocenters. The van der Waals surface area contributed by atoms with E-state index < -0.39 is 42.4 Å². The van der Waals surface area contributed by atoms with E-state index >= 15 is 0 Å². The van der Waals surface area contributed by atoms with Gasteiger partial charge < -0.3 is 28.4 Å². The molecule has 2 aromatic rings. The summed E-state index contributed by atoms with van der Waals surface area (Å²) in [7, 11) is 0. The van der Waals surface area contributed by atoms with Crippen molar-refractivity contribution in [2.24, 2.45) is 0 Å². The van der Waals surface area contributed by atoms with E-state index in [-0.39, 0.29) is 64.4 Å². The molecule has 0 aliphatic carbocycles. The minimum absolute atomic E-state index is 0.00241. The van der Waals surface area contributed by atoms with Crippen molar-refractivity contribution in [3.8, 4) is 11.5 Å². The first-order valence-corrected chi connectivity index (χ1v) is 11.6. The van der Waals surface area contributed by atoms with Gasteiger partial charge >= 0.3 is 11.4 Å². The maximum Gasteiger partial charge on any atom is 0.317 e. The molecule has 0 fully saturated rings. The van der Waals surface area contributed by atoms with Crippen LogP contribution in [0.2, 0.25) is 0 Å². The summed E-state index contributed by atoms with van der Waals surface area (Å²) in [6.45, 7) is 1.83. The summed E-state index contributed by atoms with van der Waals surface area (Å²) in [5, 5.41) is 43.6. The van der Waals surface area contributed by atoms with Crippen molar-refractivity contribution in [2.75, 3.05) is 66.1 Å². The zero-order valence-electron chi connectivity index (χ0n) is 21.0. The summed E-state index contributed by atoms with van der Waals surface area (Å²) in [6, 6.07) is 6.20. The molecule has 0 saturated heterocycles. The van der Waals surface area contributed by atoms with Crippen molar-refractivity contribution in [3.05, 3.63) is 76.9 Å². The van der Waals surface area contributed by atoms with E-state index in [1.807, 2.05) is 0 Å². The minimum Gasteiger partial charge on any atom is -0.484 e. The number of nitro groups is 4. The molecule has 0 spiro atoms. The average Bonchev–Trinajstić information content (AvgIpc) is 2.92. The van der Waals surface area contributed by atoms with Gasteiger partial charge in [-0.05, 0) is 12.1 Å². The second-order valence-electron chi connectivity index (χ2n) is 7.48. The molecule has 0 aliphatic heterocycles. The molecule has 0 saturated carbocycles. The van der Waals surface area contributed by atoms with E-state index in [1.54, 1.807) is 0 Å². The third-order valence-corrected chi connectivity index (χ3v) is 4.79. The Balaban J connectivity index is 1.45. The highest BCUT2D eigenvalue weighted by molar-refractivity contribution is 5.54. The number of nitrogens with zero attached hydrogens (tertiary/aromatic N) is 4. The fourth-order valence-corrected chi connectivity index (χ4v) is 2.95. The van der Waals surface area contributed by atoms with Gasteiger partial charge in [-0.25, -0.2) is 0 Å². The number of hydrogen-bond donors (Lipinski definition) is 0. The molecule has 0 amide bonds. The molecule has 2 aromatic carbocycles. The van der Waals surface area contributed by atoms with Crippen LogP contribution in [0.25, 0.3) is 0 Å². The number of benzene rings is 2. The average molecular weight is 570 g/mol. The minimum atomic E-state index is -0.764. The van der Waals surface area contributed by atoms with Crippen LogP contribution in [0.4, 0.5) is 22.7 Å². The van der Waals surface area contributed by atoms with Crippen LogP contribution in [-0.4, -0.2) is 85.8 Å². The van der Waals surface area contributed by atoms with E-state index in [0.717, 1.165) is 36.4 Å². The first-order valence-electron chi connectivity index (χ1n) is 11.6. The molecule has 40 heavy (non-hydrogen) atoms. The summed E-state index contributed by atoms with van der Waals surface area (Å²) in [6.07, 6.45) is 0. The van der Waals surface area contributed by atoms with Gasteiger partial charge in [-0.2, -0.15) is 0 Å². The number of non-ortho nitro benzene ring substituents is 2. The Morgan fingerprint density at radius 3 is 1.02 bits per heavy atom. The molecule has 0 aromatic heterocycles. The SMILES string of the molecule is O=[N+]([O-])c1ccc(OCCOCCOCCOCCOCCOc2ccc([N+](=O)[O-])cc2[N+](=O)[O-])c([N+](=O)[O-])c1. The van der Waals surface area contributed by atoms with E-state index in [1.165, 1.54) is 0 Å². The van der Waals surface area contributed by atoms with Crippen LogP contribution >= 0.6 is 0 Å². The topological polar surface area (TPSA) is 228 Å². The van der Waals surface area contributed by atoms with Crippen LogP contribution in [0, 0.1) is 40.5 Å². The Hall–Kier alpha value is -4.52. The predicted molar refractivity (Wildman–Crippen MR) is 134 cm³/mol. The molecule has 0 unspecified atom stereocenters. The smallest absolute Gasteiger partial charge is 0.317 e. The fraction of sp³-hybridized carbons (Fsp3) is 0.455. The van der Waals surface area contributed by atoms with Gasteiger partial charge in [0, 0.05) is 12.1 Å². The van der Waals surface area contributed by atoms with Crippen LogP contribution in [0.1, 0.15) is 0 Å². The Labute approximate surface area is 225 Å². The molecule has 0 heterocycles. The van der Waals surface area contributed by atoms with Crippen molar-refractivity contribution in [1.29, 1.82) is 0 Å². The number of nitro benzene ring substituents is 4.